The van der Waals surface area contributed by atoms with Crippen LogP contribution in [-0.2, 0) is 0 Å². The van der Waals surface area contributed by atoms with E-state index in [4.69, 9.17) is 4.74 Å². The quantitative estimate of drug-likeness (QED) is 0.683. The van der Waals surface area contributed by atoms with Gasteiger partial charge in [-0.3, -0.25) is 0 Å². The van der Waals surface area contributed by atoms with Crippen molar-refractivity contribution in [2.45, 2.75) is 12.8 Å². The SMILES string of the molecule is COc1[c]ccc(/C=C/C2CC2)c1. The van der Waals surface area contributed by atoms with Crippen LogP contribution in [0.2, 0.25) is 0 Å². The van der Waals surface area contributed by atoms with Gasteiger partial charge in [-0.2, -0.15) is 0 Å². The molecule has 1 heteroatoms. The van der Waals surface area contributed by atoms with Crippen molar-refractivity contribution >= 4 is 6.08 Å². The Bertz CT molecular complexity index is 311. The summed E-state index contributed by atoms with van der Waals surface area (Å²) in [5.74, 6) is 1.63. The van der Waals surface area contributed by atoms with Crippen molar-refractivity contribution < 1.29 is 4.74 Å². The molecule has 1 aliphatic rings. The van der Waals surface area contributed by atoms with Crippen molar-refractivity contribution in [1.29, 1.82) is 0 Å². The molecular weight excluding hydrogens is 160 g/mol. The zero-order valence-corrected chi connectivity index (χ0v) is 7.79. The lowest BCUT2D eigenvalue weighted by atomic mass is 10.2. The van der Waals surface area contributed by atoms with Crippen molar-refractivity contribution in [3.05, 3.63) is 35.9 Å². The molecule has 0 unspecified atom stereocenters. The lowest BCUT2D eigenvalue weighted by molar-refractivity contribution is 0.414. The van der Waals surface area contributed by atoms with Crippen molar-refractivity contribution in [2.75, 3.05) is 7.11 Å². The number of benzene rings is 1. The third-order valence-corrected chi connectivity index (χ3v) is 2.20. The Balaban J connectivity index is 2.09. The van der Waals surface area contributed by atoms with Crippen LogP contribution in [0, 0.1) is 12.0 Å². The number of rotatable bonds is 3. The highest BCUT2D eigenvalue weighted by molar-refractivity contribution is 5.52. The number of allylic oxidation sites excluding steroid dienone is 1. The first-order valence-electron chi connectivity index (χ1n) is 4.62. The first kappa shape index (κ1) is 8.36. The van der Waals surface area contributed by atoms with Gasteiger partial charge in [0.1, 0.15) is 5.75 Å². The van der Waals surface area contributed by atoms with Crippen LogP contribution in [0.25, 0.3) is 6.08 Å². The van der Waals surface area contributed by atoms with Crippen molar-refractivity contribution in [3.8, 4) is 5.75 Å². The molecule has 0 amide bonds. The molecule has 0 heterocycles. The zero-order valence-electron chi connectivity index (χ0n) is 7.79. The van der Waals surface area contributed by atoms with Gasteiger partial charge in [-0.15, -0.1) is 0 Å². The number of hydrogen-bond donors (Lipinski definition) is 0. The van der Waals surface area contributed by atoms with Gasteiger partial charge in [0.2, 0.25) is 0 Å². The van der Waals surface area contributed by atoms with Crippen LogP contribution in [-0.4, -0.2) is 7.11 Å². The molecule has 1 aromatic carbocycles. The zero-order chi connectivity index (χ0) is 9.10. The Morgan fingerprint density at radius 2 is 2.38 bits per heavy atom. The first-order chi connectivity index (χ1) is 6.38. The van der Waals surface area contributed by atoms with E-state index in [1.807, 2.05) is 18.2 Å². The topological polar surface area (TPSA) is 9.23 Å². The fourth-order valence-corrected chi connectivity index (χ4v) is 1.22. The van der Waals surface area contributed by atoms with Gasteiger partial charge in [0.05, 0.1) is 7.11 Å². The summed E-state index contributed by atoms with van der Waals surface area (Å²) in [7, 11) is 1.67. The molecule has 1 saturated carbocycles. The molecule has 0 aliphatic heterocycles. The summed E-state index contributed by atoms with van der Waals surface area (Å²) in [4.78, 5) is 0. The van der Waals surface area contributed by atoms with Crippen LogP contribution in [0.3, 0.4) is 0 Å². The molecule has 67 valence electrons. The second kappa shape index (κ2) is 3.65. The number of ether oxygens (including phenoxy) is 1. The summed E-state index contributed by atoms with van der Waals surface area (Å²) in [5.41, 5.74) is 1.20. The molecule has 13 heavy (non-hydrogen) atoms. The minimum atomic E-state index is 0.804. The maximum absolute atomic E-state index is 5.09. The molecule has 0 aromatic heterocycles. The maximum atomic E-state index is 5.09. The fraction of sp³-hybridized carbons (Fsp3) is 0.333. The van der Waals surface area contributed by atoms with Gasteiger partial charge in [0, 0.05) is 6.07 Å². The molecular formula is C12H13O. The Kier molecular flexibility index (Phi) is 2.35. The monoisotopic (exact) mass is 173 g/mol. The minimum absolute atomic E-state index is 0.804. The number of hydrogen-bond acceptors (Lipinski definition) is 1. The van der Waals surface area contributed by atoms with E-state index in [0.29, 0.717) is 0 Å². The second-order valence-corrected chi connectivity index (χ2v) is 3.39. The van der Waals surface area contributed by atoms with E-state index in [9.17, 15) is 0 Å². The third-order valence-electron chi connectivity index (χ3n) is 2.20. The molecule has 0 bridgehead atoms. The Morgan fingerprint density at radius 1 is 1.54 bits per heavy atom. The summed E-state index contributed by atoms with van der Waals surface area (Å²) in [6, 6.07) is 8.94. The van der Waals surface area contributed by atoms with Crippen molar-refractivity contribution in [3.63, 3.8) is 0 Å². The highest BCUT2D eigenvalue weighted by atomic mass is 16.5. The second-order valence-electron chi connectivity index (χ2n) is 3.39. The van der Waals surface area contributed by atoms with Crippen molar-refractivity contribution in [2.24, 2.45) is 5.92 Å². The Morgan fingerprint density at radius 3 is 3.08 bits per heavy atom. The molecule has 0 atom stereocenters. The van der Waals surface area contributed by atoms with E-state index in [1.165, 1.54) is 18.4 Å². The van der Waals surface area contributed by atoms with Gasteiger partial charge in [-0.25, -0.2) is 0 Å². The molecule has 1 nitrogen and oxygen atoms in total. The van der Waals surface area contributed by atoms with Crippen LogP contribution in [0.1, 0.15) is 18.4 Å². The molecule has 1 aromatic rings. The normalized spacial score (nSPS) is 16.4. The molecule has 2 rings (SSSR count). The summed E-state index contributed by atoms with van der Waals surface area (Å²) in [6.45, 7) is 0. The van der Waals surface area contributed by atoms with E-state index in [1.54, 1.807) is 7.11 Å². The van der Waals surface area contributed by atoms with Crippen LogP contribution < -0.4 is 4.74 Å². The van der Waals surface area contributed by atoms with Crippen molar-refractivity contribution in [1.82, 2.24) is 0 Å². The molecule has 1 aliphatic carbocycles. The predicted octanol–water partition coefficient (Wildman–Crippen LogP) is 2.92. The predicted molar refractivity (Wildman–Crippen MR) is 53.6 cm³/mol. The summed E-state index contributed by atoms with van der Waals surface area (Å²) < 4.78 is 5.09. The third kappa shape index (κ3) is 2.35. The van der Waals surface area contributed by atoms with Crippen LogP contribution >= 0.6 is 0 Å². The smallest absolute Gasteiger partial charge is 0.127 e. The summed E-state index contributed by atoms with van der Waals surface area (Å²) in [6.07, 6.45) is 7.14. The molecule has 0 spiro atoms. The highest BCUT2D eigenvalue weighted by Gasteiger charge is 2.16. The first-order valence-corrected chi connectivity index (χ1v) is 4.62. The highest BCUT2D eigenvalue weighted by Crippen LogP contribution is 2.30. The van der Waals surface area contributed by atoms with Gasteiger partial charge < -0.3 is 4.74 Å². The summed E-state index contributed by atoms with van der Waals surface area (Å²) >= 11 is 0. The minimum Gasteiger partial charge on any atom is -0.496 e. The van der Waals surface area contributed by atoms with Gasteiger partial charge in [0.15, 0.2) is 0 Å². The van der Waals surface area contributed by atoms with Gasteiger partial charge in [-0.05, 0) is 36.5 Å². The summed E-state index contributed by atoms with van der Waals surface area (Å²) in [5, 5.41) is 0. The molecule has 0 saturated heterocycles. The molecule has 1 radical (unpaired) electrons. The van der Waals surface area contributed by atoms with Gasteiger partial charge >= 0.3 is 0 Å². The van der Waals surface area contributed by atoms with Gasteiger partial charge in [-0.1, -0.05) is 18.2 Å². The molecule has 1 fully saturated rings. The van der Waals surface area contributed by atoms with E-state index < -0.39 is 0 Å². The Labute approximate surface area is 79.0 Å². The van der Waals surface area contributed by atoms with E-state index in [2.05, 4.69) is 18.2 Å². The lowest BCUT2D eigenvalue weighted by Crippen LogP contribution is -1.82. The average molecular weight is 173 g/mol. The lowest BCUT2D eigenvalue weighted by Gasteiger charge is -1.98. The van der Waals surface area contributed by atoms with Crippen LogP contribution in [0.15, 0.2) is 24.3 Å². The van der Waals surface area contributed by atoms with Gasteiger partial charge in [0.25, 0.3) is 0 Å². The fourth-order valence-electron chi connectivity index (χ4n) is 1.22. The largest absolute Gasteiger partial charge is 0.496 e. The van der Waals surface area contributed by atoms with Crippen LogP contribution in [0.4, 0.5) is 0 Å². The maximum Gasteiger partial charge on any atom is 0.127 e. The van der Waals surface area contributed by atoms with E-state index in [0.717, 1.165) is 11.7 Å². The van der Waals surface area contributed by atoms with E-state index in [-0.39, 0.29) is 0 Å². The Hall–Kier alpha value is -1.24. The molecule has 0 N–H and O–H groups in total. The average Bonchev–Trinajstić information content (AvgIpc) is 2.99. The van der Waals surface area contributed by atoms with Crippen LogP contribution in [0.5, 0.6) is 5.75 Å². The standard InChI is InChI=1S/C12H13O/c1-13-12-4-2-3-11(9-12)8-7-10-5-6-10/h2-3,7-10H,5-6H2,1H3/b8-7+. The number of methoxy groups -OCH3 is 1. The van der Waals surface area contributed by atoms with E-state index >= 15 is 0 Å².